The predicted molar refractivity (Wildman–Crippen MR) is 103 cm³/mol. The molecular formula is C20H23N3O3. The summed E-state index contributed by atoms with van der Waals surface area (Å²) in [5.41, 5.74) is 2.02. The number of hydrogen-bond acceptors (Lipinski definition) is 4. The number of aryl methyl sites for hydroxylation is 1. The van der Waals surface area contributed by atoms with Crippen LogP contribution in [0.4, 0.5) is 17.1 Å². The van der Waals surface area contributed by atoms with E-state index in [1.807, 2.05) is 24.3 Å². The molecule has 1 amide bonds. The van der Waals surface area contributed by atoms with Gasteiger partial charge in [0, 0.05) is 23.0 Å². The number of carbonyl (C=O) groups excluding carboxylic acids is 1. The highest BCUT2D eigenvalue weighted by molar-refractivity contribution is 6.07. The number of para-hydroxylation sites is 1. The highest BCUT2D eigenvalue weighted by atomic mass is 16.6. The van der Waals surface area contributed by atoms with Crippen molar-refractivity contribution in [3.63, 3.8) is 0 Å². The van der Waals surface area contributed by atoms with Gasteiger partial charge in [-0.3, -0.25) is 14.9 Å². The fraction of sp³-hybridized carbons (Fsp3) is 0.350. The van der Waals surface area contributed by atoms with Gasteiger partial charge in [-0.25, -0.2) is 0 Å². The Kier molecular flexibility index (Phi) is 5.51. The molecule has 6 nitrogen and oxygen atoms in total. The first-order valence-corrected chi connectivity index (χ1v) is 8.96. The summed E-state index contributed by atoms with van der Waals surface area (Å²) in [4.78, 5) is 23.2. The Morgan fingerprint density at radius 1 is 1.04 bits per heavy atom. The lowest BCUT2D eigenvalue weighted by molar-refractivity contribution is -0.385. The molecule has 3 rings (SSSR count). The third-order valence-corrected chi connectivity index (χ3v) is 4.78. The molecule has 0 spiro atoms. The molecule has 2 aromatic carbocycles. The topological polar surface area (TPSA) is 84.3 Å². The monoisotopic (exact) mass is 353 g/mol. The van der Waals surface area contributed by atoms with E-state index < -0.39 is 10.8 Å². The molecule has 136 valence electrons. The maximum absolute atomic E-state index is 12.5. The van der Waals surface area contributed by atoms with Crippen LogP contribution >= 0.6 is 0 Å². The van der Waals surface area contributed by atoms with E-state index in [4.69, 9.17) is 0 Å². The SMILES string of the molecule is Cc1cccc(C(=O)Nc2ccc(NC3CCCCC3)cc2)c1[N+](=O)[O-]. The van der Waals surface area contributed by atoms with Gasteiger partial charge in [-0.15, -0.1) is 0 Å². The minimum Gasteiger partial charge on any atom is -0.382 e. The van der Waals surface area contributed by atoms with Crippen molar-refractivity contribution in [1.82, 2.24) is 0 Å². The van der Waals surface area contributed by atoms with Crippen LogP contribution in [0.3, 0.4) is 0 Å². The molecule has 6 heteroatoms. The fourth-order valence-electron chi connectivity index (χ4n) is 3.42. The number of nitro benzene ring substituents is 1. The molecule has 1 aliphatic rings. The second kappa shape index (κ2) is 7.99. The first-order chi connectivity index (χ1) is 12.5. The molecule has 0 saturated heterocycles. The van der Waals surface area contributed by atoms with E-state index in [-0.39, 0.29) is 11.3 Å². The van der Waals surface area contributed by atoms with Crippen molar-refractivity contribution in [1.29, 1.82) is 0 Å². The first-order valence-electron chi connectivity index (χ1n) is 8.96. The van der Waals surface area contributed by atoms with Crippen LogP contribution in [0.15, 0.2) is 42.5 Å². The Balaban J connectivity index is 1.68. The maximum Gasteiger partial charge on any atom is 0.285 e. The van der Waals surface area contributed by atoms with Gasteiger partial charge in [0.25, 0.3) is 11.6 Å². The Labute approximate surface area is 152 Å². The van der Waals surface area contributed by atoms with Gasteiger partial charge in [-0.1, -0.05) is 31.4 Å². The minimum absolute atomic E-state index is 0.0689. The number of hydrogen-bond donors (Lipinski definition) is 2. The van der Waals surface area contributed by atoms with Gasteiger partial charge in [0.15, 0.2) is 0 Å². The van der Waals surface area contributed by atoms with Gasteiger partial charge in [-0.05, 0) is 50.1 Å². The average Bonchev–Trinajstić information content (AvgIpc) is 2.63. The summed E-state index contributed by atoms with van der Waals surface area (Å²) < 4.78 is 0. The van der Waals surface area contributed by atoms with Crippen LogP contribution < -0.4 is 10.6 Å². The summed E-state index contributed by atoms with van der Waals surface area (Å²) >= 11 is 0. The maximum atomic E-state index is 12.5. The molecule has 0 unspecified atom stereocenters. The lowest BCUT2D eigenvalue weighted by Crippen LogP contribution is -2.22. The molecule has 1 aliphatic carbocycles. The molecule has 0 aromatic heterocycles. The first kappa shape index (κ1) is 17.9. The van der Waals surface area contributed by atoms with E-state index in [0.717, 1.165) is 5.69 Å². The van der Waals surface area contributed by atoms with Crippen LogP contribution in [0.1, 0.15) is 48.0 Å². The molecule has 0 atom stereocenters. The van der Waals surface area contributed by atoms with Crippen LogP contribution in [0, 0.1) is 17.0 Å². The number of anilines is 2. The molecule has 0 aliphatic heterocycles. The highest BCUT2D eigenvalue weighted by Gasteiger charge is 2.22. The van der Waals surface area contributed by atoms with E-state index >= 15 is 0 Å². The fourth-order valence-corrected chi connectivity index (χ4v) is 3.42. The van der Waals surface area contributed by atoms with Crippen molar-refractivity contribution in [2.75, 3.05) is 10.6 Å². The summed E-state index contributed by atoms with van der Waals surface area (Å²) in [7, 11) is 0. The molecular weight excluding hydrogens is 330 g/mol. The average molecular weight is 353 g/mol. The molecule has 1 saturated carbocycles. The van der Waals surface area contributed by atoms with Crippen LogP contribution in [-0.4, -0.2) is 16.9 Å². The highest BCUT2D eigenvalue weighted by Crippen LogP contribution is 2.25. The van der Waals surface area contributed by atoms with Gasteiger partial charge >= 0.3 is 0 Å². The summed E-state index contributed by atoms with van der Waals surface area (Å²) in [6.45, 7) is 1.63. The lowest BCUT2D eigenvalue weighted by atomic mass is 9.95. The summed E-state index contributed by atoms with van der Waals surface area (Å²) in [6, 6.07) is 12.7. The van der Waals surface area contributed by atoms with Gasteiger partial charge in [0.1, 0.15) is 5.56 Å². The third-order valence-electron chi connectivity index (χ3n) is 4.78. The van der Waals surface area contributed by atoms with E-state index in [2.05, 4.69) is 10.6 Å². The molecule has 2 aromatic rings. The summed E-state index contributed by atoms with van der Waals surface area (Å²) in [6.07, 6.45) is 6.22. The Hall–Kier alpha value is -2.89. The zero-order valence-corrected chi connectivity index (χ0v) is 14.8. The summed E-state index contributed by atoms with van der Waals surface area (Å²) in [5.74, 6) is -0.478. The quantitative estimate of drug-likeness (QED) is 0.591. The standard InChI is InChI=1S/C20H23N3O3/c1-14-6-5-9-18(19(14)23(25)26)20(24)22-17-12-10-16(11-13-17)21-15-7-3-2-4-8-15/h5-6,9-13,15,21H,2-4,7-8H2,1H3,(H,22,24). The van der Waals surface area contributed by atoms with Crippen molar-refractivity contribution in [2.24, 2.45) is 0 Å². The molecule has 0 heterocycles. The van der Waals surface area contributed by atoms with E-state index in [0.29, 0.717) is 17.3 Å². The molecule has 26 heavy (non-hydrogen) atoms. The number of carbonyl (C=O) groups is 1. The van der Waals surface area contributed by atoms with Gasteiger partial charge in [0.05, 0.1) is 4.92 Å². The molecule has 0 radical (unpaired) electrons. The van der Waals surface area contributed by atoms with Crippen molar-refractivity contribution >= 4 is 23.0 Å². The summed E-state index contributed by atoms with van der Waals surface area (Å²) in [5, 5.41) is 17.5. The van der Waals surface area contributed by atoms with Crippen molar-refractivity contribution in [2.45, 2.75) is 45.1 Å². The largest absolute Gasteiger partial charge is 0.382 e. The Morgan fingerprint density at radius 3 is 2.35 bits per heavy atom. The second-order valence-corrected chi connectivity index (χ2v) is 6.74. The van der Waals surface area contributed by atoms with Crippen LogP contribution in [-0.2, 0) is 0 Å². The number of nitrogens with zero attached hydrogens (tertiary/aromatic N) is 1. The Bertz CT molecular complexity index is 796. The second-order valence-electron chi connectivity index (χ2n) is 6.74. The van der Waals surface area contributed by atoms with Gasteiger partial charge in [0.2, 0.25) is 0 Å². The van der Waals surface area contributed by atoms with Gasteiger partial charge < -0.3 is 10.6 Å². The van der Waals surface area contributed by atoms with Crippen molar-refractivity contribution < 1.29 is 9.72 Å². The van der Waals surface area contributed by atoms with Crippen LogP contribution in [0.2, 0.25) is 0 Å². The van der Waals surface area contributed by atoms with E-state index in [9.17, 15) is 14.9 Å². The molecule has 0 bridgehead atoms. The predicted octanol–water partition coefficient (Wildman–Crippen LogP) is 4.90. The number of rotatable bonds is 5. The van der Waals surface area contributed by atoms with E-state index in [1.165, 1.54) is 38.2 Å². The Morgan fingerprint density at radius 2 is 1.69 bits per heavy atom. The van der Waals surface area contributed by atoms with Crippen LogP contribution in [0.25, 0.3) is 0 Å². The lowest BCUT2D eigenvalue weighted by Gasteiger charge is -2.23. The van der Waals surface area contributed by atoms with Crippen LogP contribution in [0.5, 0.6) is 0 Å². The van der Waals surface area contributed by atoms with E-state index in [1.54, 1.807) is 19.1 Å². The normalized spacial score (nSPS) is 14.7. The molecule has 1 fully saturated rings. The zero-order valence-electron chi connectivity index (χ0n) is 14.8. The van der Waals surface area contributed by atoms with Crippen molar-refractivity contribution in [3.05, 3.63) is 63.7 Å². The zero-order chi connectivity index (χ0) is 18.5. The minimum atomic E-state index is -0.512. The smallest absolute Gasteiger partial charge is 0.285 e. The number of nitro groups is 1. The number of benzene rings is 2. The van der Waals surface area contributed by atoms with Gasteiger partial charge in [-0.2, -0.15) is 0 Å². The third kappa shape index (κ3) is 4.20. The van der Waals surface area contributed by atoms with Crippen molar-refractivity contribution in [3.8, 4) is 0 Å². The number of amides is 1. The number of nitrogens with one attached hydrogen (secondary N) is 2. The molecule has 2 N–H and O–H groups in total.